The Morgan fingerprint density at radius 2 is 2.00 bits per heavy atom. The number of allylic oxidation sites excluding steroid dienone is 1. The van der Waals surface area contributed by atoms with Crippen LogP contribution in [0.4, 0.5) is 4.39 Å². The van der Waals surface area contributed by atoms with E-state index in [4.69, 9.17) is 9.47 Å². The van der Waals surface area contributed by atoms with E-state index in [0.717, 1.165) is 12.0 Å². The van der Waals surface area contributed by atoms with Gasteiger partial charge in [-0.15, -0.1) is 0 Å². The van der Waals surface area contributed by atoms with E-state index in [-0.39, 0.29) is 17.2 Å². The van der Waals surface area contributed by atoms with Crippen molar-refractivity contribution in [3.05, 3.63) is 59.4 Å². The molecular formula is C20H20FNO2. The van der Waals surface area contributed by atoms with Gasteiger partial charge in [0.2, 0.25) is 0 Å². The van der Waals surface area contributed by atoms with Gasteiger partial charge in [0, 0.05) is 5.56 Å². The molecule has 0 amide bonds. The average Bonchev–Trinajstić information content (AvgIpc) is 2.61. The Morgan fingerprint density at radius 3 is 2.62 bits per heavy atom. The fraction of sp³-hybridized carbons (Fsp3) is 0.250. The SMILES string of the molecule is CCC(C)Oc1ccc(C=C(C#N)c2ccccc2F)cc1OC. The lowest BCUT2D eigenvalue weighted by molar-refractivity contribution is 0.207. The Morgan fingerprint density at radius 1 is 1.25 bits per heavy atom. The summed E-state index contributed by atoms with van der Waals surface area (Å²) in [5, 5.41) is 9.36. The van der Waals surface area contributed by atoms with Crippen molar-refractivity contribution in [2.24, 2.45) is 0 Å². The van der Waals surface area contributed by atoms with Crippen molar-refractivity contribution in [2.45, 2.75) is 26.4 Å². The van der Waals surface area contributed by atoms with Crippen LogP contribution in [0.2, 0.25) is 0 Å². The van der Waals surface area contributed by atoms with Crippen LogP contribution < -0.4 is 9.47 Å². The lowest BCUT2D eigenvalue weighted by Crippen LogP contribution is -2.10. The second kappa shape index (κ2) is 8.16. The molecule has 0 N–H and O–H groups in total. The van der Waals surface area contributed by atoms with Crippen molar-refractivity contribution in [2.75, 3.05) is 7.11 Å². The van der Waals surface area contributed by atoms with Gasteiger partial charge in [-0.3, -0.25) is 0 Å². The Labute approximate surface area is 142 Å². The molecule has 0 fully saturated rings. The normalized spacial score (nSPS) is 12.4. The number of rotatable bonds is 6. The molecule has 2 aromatic rings. The fourth-order valence-electron chi connectivity index (χ4n) is 2.19. The maximum Gasteiger partial charge on any atom is 0.161 e. The van der Waals surface area contributed by atoms with E-state index >= 15 is 0 Å². The molecule has 0 saturated carbocycles. The van der Waals surface area contributed by atoms with E-state index in [9.17, 15) is 9.65 Å². The summed E-state index contributed by atoms with van der Waals surface area (Å²) in [7, 11) is 1.56. The van der Waals surface area contributed by atoms with Crippen molar-refractivity contribution >= 4 is 11.6 Å². The van der Waals surface area contributed by atoms with Gasteiger partial charge in [-0.05, 0) is 43.2 Å². The molecule has 0 radical (unpaired) electrons. The second-order valence-corrected chi connectivity index (χ2v) is 5.40. The van der Waals surface area contributed by atoms with Crippen LogP contribution in [-0.2, 0) is 0 Å². The Balaban J connectivity index is 2.38. The number of hydrogen-bond donors (Lipinski definition) is 0. The number of hydrogen-bond acceptors (Lipinski definition) is 3. The molecule has 2 aromatic carbocycles. The summed E-state index contributed by atoms with van der Waals surface area (Å²) in [6.45, 7) is 4.03. The topological polar surface area (TPSA) is 42.2 Å². The average molecular weight is 325 g/mol. The first-order valence-corrected chi connectivity index (χ1v) is 7.80. The fourth-order valence-corrected chi connectivity index (χ4v) is 2.19. The Hall–Kier alpha value is -2.80. The minimum atomic E-state index is -0.422. The number of nitriles is 1. The van der Waals surface area contributed by atoms with Crippen molar-refractivity contribution in [3.8, 4) is 17.6 Å². The first kappa shape index (κ1) is 17.6. The lowest BCUT2D eigenvalue weighted by Gasteiger charge is -2.15. The smallest absolute Gasteiger partial charge is 0.161 e. The summed E-state index contributed by atoms with van der Waals surface area (Å²) < 4.78 is 25.1. The third-order valence-corrected chi connectivity index (χ3v) is 3.69. The standard InChI is InChI=1S/C20H20FNO2/c1-4-14(2)24-19-10-9-15(12-20(19)23-3)11-16(13-22)17-7-5-6-8-18(17)21/h5-12,14H,4H2,1-3H3. The van der Waals surface area contributed by atoms with Crippen LogP contribution in [0.1, 0.15) is 31.4 Å². The van der Waals surface area contributed by atoms with Gasteiger partial charge in [0.25, 0.3) is 0 Å². The number of nitrogens with zero attached hydrogens (tertiary/aromatic N) is 1. The molecular weight excluding hydrogens is 305 g/mol. The zero-order chi connectivity index (χ0) is 17.5. The number of halogens is 1. The number of ether oxygens (including phenoxy) is 2. The maximum atomic E-state index is 13.9. The van der Waals surface area contributed by atoms with Gasteiger partial charge < -0.3 is 9.47 Å². The van der Waals surface area contributed by atoms with E-state index in [1.165, 1.54) is 6.07 Å². The van der Waals surface area contributed by atoms with Crippen molar-refractivity contribution in [3.63, 3.8) is 0 Å². The highest BCUT2D eigenvalue weighted by atomic mass is 19.1. The van der Waals surface area contributed by atoms with Crippen LogP contribution in [0.5, 0.6) is 11.5 Å². The molecule has 0 saturated heterocycles. The summed E-state index contributed by atoms with van der Waals surface area (Å²) in [6.07, 6.45) is 2.60. The lowest BCUT2D eigenvalue weighted by atomic mass is 10.0. The highest BCUT2D eigenvalue weighted by Gasteiger charge is 2.10. The van der Waals surface area contributed by atoms with Gasteiger partial charge in [-0.1, -0.05) is 31.2 Å². The Bertz CT molecular complexity index is 777. The summed E-state index contributed by atoms with van der Waals surface area (Å²) in [6, 6.07) is 13.7. The third-order valence-electron chi connectivity index (χ3n) is 3.69. The molecule has 0 aliphatic rings. The zero-order valence-electron chi connectivity index (χ0n) is 14.0. The highest BCUT2D eigenvalue weighted by molar-refractivity contribution is 5.90. The van der Waals surface area contributed by atoms with Gasteiger partial charge in [0.15, 0.2) is 11.5 Å². The van der Waals surface area contributed by atoms with Crippen LogP contribution in [-0.4, -0.2) is 13.2 Å². The molecule has 124 valence electrons. The molecule has 0 aliphatic heterocycles. The van der Waals surface area contributed by atoms with Gasteiger partial charge in [-0.25, -0.2) is 4.39 Å². The van der Waals surface area contributed by atoms with E-state index < -0.39 is 5.82 Å². The molecule has 24 heavy (non-hydrogen) atoms. The molecule has 0 spiro atoms. The molecule has 2 rings (SSSR count). The molecule has 4 heteroatoms. The number of benzene rings is 2. The first-order valence-electron chi connectivity index (χ1n) is 7.80. The van der Waals surface area contributed by atoms with Crippen molar-refractivity contribution in [1.82, 2.24) is 0 Å². The second-order valence-electron chi connectivity index (χ2n) is 5.40. The largest absolute Gasteiger partial charge is 0.493 e. The number of methoxy groups -OCH3 is 1. The molecule has 0 aromatic heterocycles. The van der Waals surface area contributed by atoms with E-state index in [2.05, 4.69) is 6.07 Å². The van der Waals surface area contributed by atoms with Crippen LogP contribution in [0, 0.1) is 17.1 Å². The minimum absolute atomic E-state index is 0.0772. The predicted molar refractivity (Wildman–Crippen MR) is 93.3 cm³/mol. The minimum Gasteiger partial charge on any atom is -0.493 e. The summed E-state index contributed by atoms with van der Waals surface area (Å²) >= 11 is 0. The summed E-state index contributed by atoms with van der Waals surface area (Å²) in [5.41, 5.74) is 1.27. The zero-order valence-corrected chi connectivity index (χ0v) is 14.0. The van der Waals surface area contributed by atoms with Crippen LogP contribution in [0.3, 0.4) is 0 Å². The van der Waals surface area contributed by atoms with E-state index in [0.29, 0.717) is 11.5 Å². The van der Waals surface area contributed by atoms with Crippen molar-refractivity contribution in [1.29, 1.82) is 5.26 Å². The quantitative estimate of drug-likeness (QED) is 0.549. The van der Waals surface area contributed by atoms with Crippen LogP contribution >= 0.6 is 0 Å². The monoisotopic (exact) mass is 325 g/mol. The van der Waals surface area contributed by atoms with E-state index in [1.54, 1.807) is 43.5 Å². The van der Waals surface area contributed by atoms with E-state index in [1.807, 2.05) is 19.9 Å². The van der Waals surface area contributed by atoms with Gasteiger partial charge in [-0.2, -0.15) is 5.26 Å². The van der Waals surface area contributed by atoms with Crippen molar-refractivity contribution < 1.29 is 13.9 Å². The van der Waals surface area contributed by atoms with Gasteiger partial charge >= 0.3 is 0 Å². The van der Waals surface area contributed by atoms with Gasteiger partial charge in [0.05, 0.1) is 24.9 Å². The predicted octanol–water partition coefficient (Wildman–Crippen LogP) is 5.08. The highest BCUT2D eigenvalue weighted by Crippen LogP contribution is 2.31. The van der Waals surface area contributed by atoms with Crippen LogP contribution in [0.15, 0.2) is 42.5 Å². The van der Waals surface area contributed by atoms with Crippen LogP contribution in [0.25, 0.3) is 11.6 Å². The molecule has 1 atom stereocenters. The Kier molecular flexibility index (Phi) is 5.97. The summed E-state index contributed by atoms with van der Waals surface area (Å²) in [4.78, 5) is 0. The van der Waals surface area contributed by atoms with Gasteiger partial charge in [0.1, 0.15) is 5.82 Å². The molecule has 0 heterocycles. The molecule has 1 unspecified atom stereocenters. The maximum absolute atomic E-state index is 13.9. The molecule has 0 aliphatic carbocycles. The molecule has 0 bridgehead atoms. The summed E-state index contributed by atoms with van der Waals surface area (Å²) in [5.74, 6) is 0.803. The first-order chi connectivity index (χ1) is 11.6. The molecule has 3 nitrogen and oxygen atoms in total. The third kappa shape index (κ3) is 4.14.